The first-order valence-electron chi connectivity index (χ1n) is 5.85. The second-order valence-corrected chi connectivity index (χ2v) is 5.40. The number of halogens is 1. The molecule has 2 aromatic rings. The molecule has 0 amide bonds. The molecule has 0 saturated heterocycles. The second kappa shape index (κ2) is 4.36. The van der Waals surface area contributed by atoms with Crippen molar-refractivity contribution >= 4 is 33.6 Å². The third-order valence-corrected chi connectivity index (χ3v) is 3.70. The zero-order valence-electron chi connectivity index (χ0n) is 10.1. The van der Waals surface area contributed by atoms with Crippen LogP contribution in [0.4, 0.5) is 11.4 Å². The third-order valence-electron chi connectivity index (χ3n) is 3.21. The molecule has 1 atom stereocenters. The van der Waals surface area contributed by atoms with E-state index in [0.717, 1.165) is 21.3 Å². The highest BCUT2D eigenvalue weighted by atomic mass is 79.9. The number of aliphatic imine (C=N–C) groups is 1. The van der Waals surface area contributed by atoms with E-state index in [1.165, 1.54) is 0 Å². The van der Waals surface area contributed by atoms with Crippen molar-refractivity contribution in [2.75, 3.05) is 11.1 Å². The van der Waals surface area contributed by atoms with E-state index in [1.54, 1.807) is 6.34 Å². The quantitative estimate of drug-likeness (QED) is 0.708. The van der Waals surface area contributed by atoms with Crippen LogP contribution in [0.2, 0.25) is 0 Å². The van der Waals surface area contributed by atoms with Crippen molar-refractivity contribution in [1.82, 2.24) is 0 Å². The minimum Gasteiger partial charge on any atom is -0.399 e. The van der Waals surface area contributed by atoms with Crippen LogP contribution in [-0.2, 0) is 5.66 Å². The van der Waals surface area contributed by atoms with E-state index >= 15 is 0 Å². The zero-order valence-corrected chi connectivity index (χ0v) is 11.7. The summed E-state index contributed by atoms with van der Waals surface area (Å²) in [5.41, 5.74) is 14.8. The van der Waals surface area contributed by atoms with Crippen LogP contribution in [0, 0.1) is 0 Å². The lowest BCUT2D eigenvalue weighted by Crippen LogP contribution is -2.39. The van der Waals surface area contributed by atoms with Gasteiger partial charge in [-0.25, -0.2) is 4.99 Å². The first kappa shape index (κ1) is 12.2. The summed E-state index contributed by atoms with van der Waals surface area (Å²) in [5, 5.41) is 3.09. The summed E-state index contributed by atoms with van der Waals surface area (Å²) in [5.74, 6) is 0. The molecule has 0 saturated carbocycles. The fourth-order valence-electron chi connectivity index (χ4n) is 2.23. The van der Waals surface area contributed by atoms with Gasteiger partial charge in [-0.05, 0) is 35.9 Å². The topological polar surface area (TPSA) is 76.4 Å². The number of fused-ring (bicyclic) bond motifs is 1. The predicted molar refractivity (Wildman–Crippen MR) is 82.1 cm³/mol. The molecule has 96 valence electrons. The van der Waals surface area contributed by atoms with E-state index in [9.17, 15) is 0 Å². The Bertz CT molecular complexity index is 668. The molecule has 0 radical (unpaired) electrons. The molecule has 19 heavy (non-hydrogen) atoms. The summed E-state index contributed by atoms with van der Waals surface area (Å²) < 4.78 is 0.967. The van der Waals surface area contributed by atoms with E-state index in [-0.39, 0.29) is 0 Å². The van der Waals surface area contributed by atoms with Gasteiger partial charge >= 0.3 is 0 Å². The summed E-state index contributed by atoms with van der Waals surface area (Å²) in [7, 11) is 0. The van der Waals surface area contributed by atoms with Gasteiger partial charge in [0.1, 0.15) is 0 Å². The molecular formula is C14H13BrN4. The fraction of sp³-hybridized carbons (Fsp3) is 0.0714. The molecule has 4 nitrogen and oxygen atoms in total. The average molecular weight is 317 g/mol. The highest BCUT2D eigenvalue weighted by molar-refractivity contribution is 9.10. The molecule has 0 fully saturated rings. The predicted octanol–water partition coefficient (Wildman–Crippen LogP) is 2.64. The number of benzene rings is 2. The molecular weight excluding hydrogens is 304 g/mol. The number of rotatable bonds is 1. The molecule has 1 aliphatic heterocycles. The summed E-state index contributed by atoms with van der Waals surface area (Å²) in [6.45, 7) is 0. The maximum absolute atomic E-state index is 6.52. The lowest BCUT2D eigenvalue weighted by Gasteiger charge is -2.31. The molecule has 0 aliphatic carbocycles. The highest BCUT2D eigenvalue weighted by Gasteiger charge is 2.33. The van der Waals surface area contributed by atoms with Gasteiger partial charge in [0.25, 0.3) is 0 Å². The Morgan fingerprint density at radius 2 is 2.00 bits per heavy atom. The number of nitrogen functional groups attached to an aromatic ring is 1. The SMILES string of the molecule is Nc1ccc2c(c1)C(N)(c1cccc(Br)c1)N=CN2. The highest BCUT2D eigenvalue weighted by Crippen LogP contribution is 2.37. The molecule has 1 heterocycles. The van der Waals surface area contributed by atoms with Crippen molar-refractivity contribution in [1.29, 1.82) is 0 Å². The molecule has 2 aromatic carbocycles. The number of anilines is 2. The lowest BCUT2D eigenvalue weighted by molar-refractivity contribution is 0.571. The van der Waals surface area contributed by atoms with Crippen LogP contribution >= 0.6 is 15.9 Å². The summed E-state index contributed by atoms with van der Waals surface area (Å²) in [6, 6.07) is 13.4. The van der Waals surface area contributed by atoms with Crippen molar-refractivity contribution in [2.45, 2.75) is 5.66 Å². The maximum atomic E-state index is 6.52. The molecule has 1 aliphatic rings. The van der Waals surface area contributed by atoms with Gasteiger partial charge < -0.3 is 11.1 Å². The molecule has 5 heteroatoms. The number of nitrogens with two attached hydrogens (primary N) is 2. The van der Waals surface area contributed by atoms with Crippen molar-refractivity contribution in [3.8, 4) is 0 Å². The van der Waals surface area contributed by atoms with Gasteiger partial charge in [-0.3, -0.25) is 5.73 Å². The average Bonchev–Trinajstić information content (AvgIpc) is 2.40. The van der Waals surface area contributed by atoms with Crippen molar-refractivity contribution in [3.05, 3.63) is 58.1 Å². The summed E-state index contributed by atoms with van der Waals surface area (Å²) in [4.78, 5) is 4.42. The number of nitrogens with one attached hydrogen (secondary N) is 1. The van der Waals surface area contributed by atoms with Crippen LogP contribution < -0.4 is 16.8 Å². The Labute approximate surface area is 119 Å². The van der Waals surface area contributed by atoms with E-state index < -0.39 is 5.66 Å². The van der Waals surface area contributed by atoms with Crippen molar-refractivity contribution in [2.24, 2.45) is 10.7 Å². The summed E-state index contributed by atoms with van der Waals surface area (Å²) >= 11 is 3.46. The van der Waals surface area contributed by atoms with Gasteiger partial charge in [-0.15, -0.1) is 0 Å². The summed E-state index contributed by atoms with van der Waals surface area (Å²) in [6.07, 6.45) is 1.62. The van der Waals surface area contributed by atoms with Gasteiger partial charge in [0, 0.05) is 21.4 Å². The lowest BCUT2D eigenvalue weighted by atomic mass is 9.90. The monoisotopic (exact) mass is 316 g/mol. The number of hydrogen-bond acceptors (Lipinski definition) is 4. The van der Waals surface area contributed by atoms with Gasteiger partial charge in [0.05, 0.1) is 6.34 Å². The number of nitrogens with zero attached hydrogens (tertiary/aromatic N) is 1. The molecule has 0 bridgehead atoms. The van der Waals surface area contributed by atoms with Gasteiger partial charge in [0.15, 0.2) is 5.66 Å². The first-order valence-corrected chi connectivity index (χ1v) is 6.64. The van der Waals surface area contributed by atoms with Crippen LogP contribution in [-0.4, -0.2) is 6.34 Å². The molecule has 3 rings (SSSR count). The fourth-order valence-corrected chi connectivity index (χ4v) is 2.63. The normalized spacial score (nSPS) is 20.7. The van der Waals surface area contributed by atoms with Gasteiger partial charge in [-0.1, -0.05) is 28.1 Å². The minimum atomic E-state index is -0.917. The van der Waals surface area contributed by atoms with Crippen LogP contribution in [0.3, 0.4) is 0 Å². The Balaban J connectivity index is 2.22. The Morgan fingerprint density at radius 1 is 1.16 bits per heavy atom. The Kier molecular flexibility index (Phi) is 2.80. The van der Waals surface area contributed by atoms with E-state index in [4.69, 9.17) is 11.5 Å². The van der Waals surface area contributed by atoms with Gasteiger partial charge in [0.2, 0.25) is 0 Å². The smallest absolute Gasteiger partial charge is 0.163 e. The van der Waals surface area contributed by atoms with E-state index in [1.807, 2.05) is 42.5 Å². The van der Waals surface area contributed by atoms with Gasteiger partial charge in [-0.2, -0.15) is 0 Å². The molecule has 0 spiro atoms. The Hall–Kier alpha value is -1.85. The first-order chi connectivity index (χ1) is 9.09. The van der Waals surface area contributed by atoms with Crippen LogP contribution in [0.1, 0.15) is 11.1 Å². The minimum absolute atomic E-state index is 0.669. The molecule has 5 N–H and O–H groups in total. The van der Waals surface area contributed by atoms with E-state index in [2.05, 4.69) is 26.2 Å². The Morgan fingerprint density at radius 3 is 2.79 bits per heavy atom. The maximum Gasteiger partial charge on any atom is 0.163 e. The van der Waals surface area contributed by atoms with Crippen LogP contribution in [0.5, 0.6) is 0 Å². The molecule has 0 aromatic heterocycles. The van der Waals surface area contributed by atoms with E-state index in [0.29, 0.717) is 5.69 Å². The third kappa shape index (κ3) is 2.01. The second-order valence-electron chi connectivity index (χ2n) is 4.48. The standard InChI is InChI=1S/C14H13BrN4/c15-10-3-1-2-9(6-10)14(17)12-7-11(16)4-5-13(12)18-8-19-14/h1-8H,16-17H2,(H,18,19). The van der Waals surface area contributed by atoms with Crippen LogP contribution in [0.25, 0.3) is 0 Å². The van der Waals surface area contributed by atoms with Crippen LogP contribution in [0.15, 0.2) is 51.9 Å². The van der Waals surface area contributed by atoms with Crippen molar-refractivity contribution in [3.63, 3.8) is 0 Å². The zero-order chi connectivity index (χ0) is 13.5. The number of hydrogen-bond donors (Lipinski definition) is 3. The molecule has 1 unspecified atom stereocenters. The largest absolute Gasteiger partial charge is 0.399 e. The van der Waals surface area contributed by atoms with Crippen molar-refractivity contribution < 1.29 is 0 Å².